The minimum atomic E-state index is -1.34. The van der Waals surface area contributed by atoms with Crippen LogP contribution in [0.4, 0.5) is 0 Å². The zero-order chi connectivity index (χ0) is 17.7. The largest absolute Gasteiger partial charge is 1.00 e. The summed E-state index contributed by atoms with van der Waals surface area (Å²) in [5, 5.41) is 0.445. The van der Waals surface area contributed by atoms with Crippen molar-refractivity contribution in [3.8, 4) is 11.1 Å². The van der Waals surface area contributed by atoms with Gasteiger partial charge in [0.1, 0.15) is 0 Å². The fourth-order valence-corrected chi connectivity index (χ4v) is 18.2. The summed E-state index contributed by atoms with van der Waals surface area (Å²) in [7, 11) is 0. The molecule has 0 saturated carbocycles. The molecule has 3 aromatic rings. The Balaban J connectivity index is 0.00000112. The summed E-state index contributed by atoms with van der Waals surface area (Å²) in [4.78, 5) is 0. The van der Waals surface area contributed by atoms with E-state index in [0.29, 0.717) is 0 Å². The van der Waals surface area contributed by atoms with Gasteiger partial charge in [0.05, 0.1) is 0 Å². The summed E-state index contributed by atoms with van der Waals surface area (Å²) in [6.07, 6.45) is 3.74. The SMILES string of the molecule is C[Si](C)([Zr+2][CH]1c2ccccc2-c2ccccc21)C1=Cc2ccccc2C1.[Cl-].[Cl-]. The molecule has 0 aromatic heterocycles. The van der Waals surface area contributed by atoms with Crippen molar-refractivity contribution in [1.82, 2.24) is 0 Å². The summed E-state index contributed by atoms with van der Waals surface area (Å²) in [5.41, 5.74) is 9.20. The van der Waals surface area contributed by atoms with Gasteiger partial charge < -0.3 is 24.8 Å². The van der Waals surface area contributed by atoms with Gasteiger partial charge in [0.25, 0.3) is 0 Å². The molecule has 0 spiro atoms. The monoisotopic (exact) mass is 498 g/mol. The molecule has 0 N–H and O–H groups in total. The first-order chi connectivity index (χ1) is 12.6. The molecule has 0 heterocycles. The van der Waals surface area contributed by atoms with E-state index in [9.17, 15) is 0 Å². The Labute approximate surface area is 191 Å². The molecule has 0 radical (unpaired) electrons. The number of allylic oxidation sites excluding steroid dienone is 1. The summed E-state index contributed by atoms with van der Waals surface area (Å²) in [6.45, 7) is 5.28. The first-order valence-electron chi connectivity index (χ1n) is 9.38. The van der Waals surface area contributed by atoms with E-state index in [1.807, 2.05) is 0 Å². The zero-order valence-electron chi connectivity index (χ0n) is 16.0. The minimum Gasteiger partial charge on any atom is -1.00 e. The van der Waals surface area contributed by atoms with Gasteiger partial charge in [-0.15, -0.1) is 0 Å². The van der Waals surface area contributed by atoms with Crippen molar-refractivity contribution in [2.45, 2.75) is 23.1 Å². The number of hydrogen-bond donors (Lipinski definition) is 0. The van der Waals surface area contributed by atoms with Crippen LogP contribution in [0.2, 0.25) is 13.1 Å². The molecule has 140 valence electrons. The van der Waals surface area contributed by atoms with Gasteiger partial charge in [0.15, 0.2) is 0 Å². The van der Waals surface area contributed by atoms with Crippen LogP contribution in [0.25, 0.3) is 17.2 Å². The maximum atomic E-state index is 2.64. The van der Waals surface area contributed by atoms with Crippen molar-refractivity contribution in [2.24, 2.45) is 0 Å². The molecular formula is C24H22Cl2SiZr. The van der Waals surface area contributed by atoms with Crippen LogP contribution in [0.1, 0.15) is 25.9 Å². The topological polar surface area (TPSA) is 0 Å². The van der Waals surface area contributed by atoms with Crippen molar-refractivity contribution < 1.29 is 47.2 Å². The predicted octanol–water partition coefficient (Wildman–Crippen LogP) is 0.231. The van der Waals surface area contributed by atoms with Crippen LogP contribution in [0.5, 0.6) is 0 Å². The Morgan fingerprint density at radius 1 is 0.750 bits per heavy atom. The minimum absolute atomic E-state index is 0. The second-order valence-corrected chi connectivity index (χ2v) is 24.9. The second kappa shape index (κ2) is 8.44. The van der Waals surface area contributed by atoms with E-state index in [1.165, 1.54) is 28.7 Å². The number of fused-ring (bicyclic) bond motifs is 4. The van der Waals surface area contributed by atoms with Crippen molar-refractivity contribution in [2.75, 3.05) is 0 Å². The molecule has 0 fully saturated rings. The van der Waals surface area contributed by atoms with Gasteiger partial charge in [-0.3, -0.25) is 0 Å². The second-order valence-electron chi connectivity index (χ2n) is 7.92. The maximum Gasteiger partial charge on any atom is -1.00 e. The van der Waals surface area contributed by atoms with Crippen molar-refractivity contribution in [1.29, 1.82) is 0 Å². The summed E-state index contributed by atoms with van der Waals surface area (Å²) in [5.74, 6) is 0. The molecule has 0 bridgehead atoms. The number of halogens is 2. The predicted molar refractivity (Wildman–Crippen MR) is 109 cm³/mol. The Kier molecular flexibility index (Phi) is 6.57. The van der Waals surface area contributed by atoms with Gasteiger partial charge in [-0.05, 0) is 0 Å². The third-order valence-corrected chi connectivity index (χ3v) is 20.2. The molecule has 0 atom stereocenters. The fourth-order valence-electron chi connectivity index (χ4n) is 4.45. The van der Waals surface area contributed by atoms with E-state index in [4.69, 9.17) is 0 Å². The fraction of sp³-hybridized carbons (Fsp3) is 0.167. The third kappa shape index (κ3) is 3.65. The number of rotatable bonds is 3. The van der Waals surface area contributed by atoms with E-state index >= 15 is 0 Å². The van der Waals surface area contributed by atoms with Crippen molar-refractivity contribution in [3.63, 3.8) is 0 Å². The average Bonchev–Trinajstić information content (AvgIpc) is 3.23. The molecule has 0 amide bonds. The molecule has 0 aliphatic heterocycles. The first kappa shape index (κ1) is 21.8. The van der Waals surface area contributed by atoms with Crippen LogP contribution in [0.3, 0.4) is 0 Å². The van der Waals surface area contributed by atoms with Gasteiger partial charge in [0.2, 0.25) is 0 Å². The van der Waals surface area contributed by atoms with Crippen molar-refractivity contribution in [3.05, 3.63) is 100 Å². The van der Waals surface area contributed by atoms with Crippen LogP contribution >= 0.6 is 0 Å². The molecule has 0 saturated heterocycles. The van der Waals surface area contributed by atoms with E-state index in [1.54, 1.807) is 16.3 Å². The van der Waals surface area contributed by atoms with Crippen LogP contribution in [-0.4, -0.2) is 5.20 Å². The summed E-state index contributed by atoms with van der Waals surface area (Å²) >= 11 is -0.627. The van der Waals surface area contributed by atoms with Crippen LogP contribution in [0, 0.1) is 0 Å². The van der Waals surface area contributed by atoms with Gasteiger partial charge in [-0.1, -0.05) is 0 Å². The zero-order valence-corrected chi connectivity index (χ0v) is 21.0. The average molecular weight is 501 g/mol. The number of hydrogen-bond acceptors (Lipinski definition) is 0. The standard InChI is InChI=1S/C13H9.C11H13Si.2ClH.Zr/c1-3-7-12-10(5-1)9-11-6-2-4-8-13(11)12;1-12(2)11-7-9-5-3-4-6-10(9)8-11;;;/h1-9H;3-7H,8H2,1-2H3;2*1H;/q;;;;+2/p-2. The molecule has 2 aliphatic rings. The molecule has 5 rings (SSSR count). The van der Waals surface area contributed by atoms with Crippen LogP contribution in [0.15, 0.2) is 78.0 Å². The van der Waals surface area contributed by atoms with E-state index in [-0.39, 0.29) is 24.8 Å². The third-order valence-electron chi connectivity index (χ3n) is 5.91. The summed E-state index contributed by atoms with van der Waals surface area (Å²) in [6, 6.07) is 27.3. The molecule has 0 unspecified atom stereocenters. The first-order valence-corrected chi connectivity index (χ1v) is 17.5. The molecule has 2 aliphatic carbocycles. The molecule has 28 heavy (non-hydrogen) atoms. The number of benzene rings is 3. The normalized spacial score (nSPS) is 14.0. The van der Waals surface area contributed by atoms with E-state index < -0.39 is 27.6 Å². The quantitative estimate of drug-likeness (QED) is 0.452. The molecule has 0 nitrogen and oxygen atoms in total. The molecular weight excluding hydrogens is 478 g/mol. The molecule has 3 aromatic carbocycles. The van der Waals surface area contributed by atoms with Crippen LogP contribution < -0.4 is 24.8 Å². The van der Waals surface area contributed by atoms with Gasteiger partial charge >= 0.3 is 168 Å². The Bertz CT molecular complexity index is 997. The molecule has 4 heteroatoms. The summed E-state index contributed by atoms with van der Waals surface area (Å²) < 4.78 is 0.720. The van der Waals surface area contributed by atoms with Gasteiger partial charge in [-0.25, -0.2) is 0 Å². The van der Waals surface area contributed by atoms with Gasteiger partial charge in [0, 0.05) is 0 Å². The van der Waals surface area contributed by atoms with E-state index in [0.717, 1.165) is 3.63 Å². The van der Waals surface area contributed by atoms with Crippen LogP contribution in [-0.2, 0) is 28.8 Å². The maximum absolute atomic E-state index is 2.64. The van der Waals surface area contributed by atoms with Crippen molar-refractivity contribution >= 4 is 11.3 Å². The Hall–Kier alpha value is -0.920. The Morgan fingerprint density at radius 2 is 1.29 bits per heavy atom. The smallest absolute Gasteiger partial charge is 1.00 e. The van der Waals surface area contributed by atoms with Gasteiger partial charge in [-0.2, -0.15) is 0 Å². The van der Waals surface area contributed by atoms with E-state index in [2.05, 4.69) is 92.0 Å². The Morgan fingerprint density at radius 3 is 1.89 bits per heavy atom.